The van der Waals surface area contributed by atoms with Gasteiger partial charge in [-0.05, 0) is 54.2 Å². The number of amides is 1. The minimum atomic E-state index is 0.128. The van der Waals surface area contributed by atoms with Gasteiger partial charge in [0.1, 0.15) is 0 Å². The molecule has 0 saturated carbocycles. The van der Waals surface area contributed by atoms with Crippen molar-refractivity contribution in [1.29, 1.82) is 0 Å². The van der Waals surface area contributed by atoms with Gasteiger partial charge in [-0.25, -0.2) is 0 Å². The average molecular weight is 320 g/mol. The van der Waals surface area contributed by atoms with E-state index < -0.39 is 0 Å². The summed E-state index contributed by atoms with van der Waals surface area (Å²) in [7, 11) is 0. The Hall–Kier alpha value is -2.29. The molecule has 0 bridgehead atoms. The Kier molecular flexibility index (Phi) is 3.79. The number of hydrogen-bond acceptors (Lipinski definition) is 2. The van der Waals surface area contributed by atoms with Crippen LogP contribution in [0.4, 0.5) is 11.4 Å². The molecule has 2 heterocycles. The van der Waals surface area contributed by atoms with Crippen LogP contribution in [0.15, 0.2) is 42.5 Å². The van der Waals surface area contributed by atoms with E-state index in [4.69, 9.17) is 0 Å². The second kappa shape index (κ2) is 5.97. The number of fused-ring (bicyclic) bond motifs is 1. The summed E-state index contributed by atoms with van der Waals surface area (Å²) in [4.78, 5) is 17.2. The molecule has 0 aromatic heterocycles. The number of hydrogen-bond donors (Lipinski definition) is 0. The first kappa shape index (κ1) is 15.3. The van der Waals surface area contributed by atoms with Gasteiger partial charge in [0.25, 0.3) is 5.91 Å². The average Bonchev–Trinajstić information content (AvgIpc) is 3.23. The van der Waals surface area contributed by atoms with Crippen molar-refractivity contribution in [3.05, 3.63) is 59.2 Å². The molecule has 0 unspecified atom stereocenters. The van der Waals surface area contributed by atoms with E-state index in [0.717, 1.165) is 29.9 Å². The van der Waals surface area contributed by atoms with E-state index in [2.05, 4.69) is 61.2 Å². The Bertz CT molecular complexity index is 758. The van der Waals surface area contributed by atoms with Gasteiger partial charge in [-0.1, -0.05) is 32.0 Å². The van der Waals surface area contributed by atoms with Crippen LogP contribution in [0.2, 0.25) is 0 Å². The highest BCUT2D eigenvalue weighted by molar-refractivity contribution is 6.10. The molecule has 1 fully saturated rings. The van der Waals surface area contributed by atoms with Crippen molar-refractivity contribution in [3.8, 4) is 0 Å². The SMILES string of the molecule is CC(C)c1ccc(N2Cc3ccc(N4CCCC4)cc3C2=O)cc1. The van der Waals surface area contributed by atoms with Crippen LogP contribution in [0.1, 0.15) is 54.1 Å². The van der Waals surface area contributed by atoms with Gasteiger partial charge >= 0.3 is 0 Å². The summed E-state index contributed by atoms with van der Waals surface area (Å²) in [5.74, 6) is 0.636. The number of rotatable bonds is 3. The summed E-state index contributed by atoms with van der Waals surface area (Å²) in [6.07, 6.45) is 2.50. The van der Waals surface area contributed by atoms with Crippen LogP contribution in [0.25, 0.3) is 0 Å². The lowest BCUT2D eigenvalue weighted by molar-refractivity contribution is 0.0996. The predicted molar refractivity (Wildman–Crippen MR) is 98.9 cm³/mol. The Morgan fingerprint density at radius 1 is 0.917 bits per heavy atom. The van der Waals surface area contributed by atoms with Crippen molar-refractivity contribution in [2.24, 2.45) is 0 Å². The van der Waals surface area contributed by atoms with E-state index >= 15 is 0 Å². The number of benzene rings is 2. The molecule has 0 N–H and O–H groups in total. The van der Waals surface area contributed by atoms with Crippen LogP contribution in [0.5, 0.6) is 0 Å². The zero-order chi connectivity index (χ0) is 16.7. The van der Waals surface area contributed by atoms with Gasteiger partial charge in [0.05, 0.1) is 6.54 Å². The topological polar surface area (TPSA) is 23.6 Å². The molecule has 124 valence electrons. The number of carbonyl (C=O) groups excluding carboxylic acids is 1. The first-order valence-electron chi connectivity index (χ1n) is 8.93. The molecule has 2 aliphatic heterocycles. The molecule has 2 aliphatic rings. The second-order valence-electron chi connectivity index (χ2n) is 7.17. The van der Waals surface area contributed by atoms with Gasteiger partial charge in [0, 0.05) is 30.0 Å². The van der Waals surface area contributed by atoms with Crippen molar-refractivity contribution in [1.82, 2.24) is 0 Å². The largest absolute Gasteiger partial charge is 0.372 e. The number of carbonyl (C=O) groups is 1. The molecule has 24 heavy (non-hydrogen) atoms. The van der Waals surface area contributed by atoms with Gasteiger partial charge < -0.3 is 9.80 Å². The van der Waals surface area contributed by atoms with Gasteiger partial charge in [-0.15, -0.1) is 0 Å². The van der Waals surface area contributed by atoms with Gasteiger partial charge in [-0.3, -0.25) is 4.79 Å². The summed E-state index contributed by atoms with van der Waals surface area (Å²) >= 11 is 0. The summed E-state index contributed by atoms with van der Waals surface area (Å²) in [6, 6.07) is 14.8. The molecule has 4 rings (SSSR count). The van der Waals surface area contributed by atoms with E-state index in [-0.39, 0.29) is 5.91 Å². The third-order valence-electron chi connectivity index (χ3n) is 5.24. The lowest BCUT2D eigenvalue weighted by Gasteiger charge is -2.18. The number of anilines is 2. The van der Waals surface area contributed by atoms with Crippen molar-refractivity contribution in [3.63, 3.8) is 0 Å². The minimum absolute atomic E-state index is 0.128. The third-order valence-corrected chi connectivity index (χ3v) is 5.24. The standard InChI is InChI=1S/C21H24N2O/c1-15(2)16-5-8-18(9-6-16)23-14-17-7-10-19(13-20(17)21(23)24)22-11-3-4-12-22/h5-10,13,15H,3-4,11-12,14H2,1-2H3. The van der Waals surface area contributed by atoms with Crippen molar-refractivity contribution < 1.29 is 4.79 Å². The molecule has 3 heteroatoms. The van der Waals surface area contributed by atoms with E-state index in [1.165, 1.54) is 24.1 Å². The zero-order valence-electron chi connectivity index (χ0n) is 14.5. The highest BCUT2D eigenvalue weighted by Crippen LogP contribution is 2.32. The van der Waals surface area contributed by atoms with E-state index in [1.807, 2.05) is 4.90 Å². The summed E-state index contributed by atoms with van der Waals surface area (Å²) in [5.41, 5.74) is 5.49. The fourth-order valence-electron chi connectivity index (χ4n) is 3.71. The first-order valence-corrected chi connectivity index (χ1v) is 8.93. The molecule has 0 aliphatic carbocycles. The van der Waals surface area contributed by atoms with E-state index in [1.54, 1.807) is 0 Å². The number of nitrogens with zero attached hydrogens (tertiary/aromatic N) is 2. The second-order valence-corrected chi connectivity index (χ2v) is 7.17. The maximum atomic E-state index is 12.9. The van der Waals surface area contributed by atoms with Crippen LogP contribution in [-0.4, -0.2) is 19.0 Å². The fourth-order valence-corrected chi connectivity index (χ4v) is 3.71. The summed E-state index contributed by atoms with van der Waals surface area (Å²) < 4.78 is 0. The molecular weight excluding hydrogens is 296 g/mol. The Labute approximate surface area is 143 Å². The quantitative estimate of drug-likeness (QED) is 0.827. The normalized spacial score (nSPS) is 17.0. The monoisotopic (exact) mass is 320 g/mol. The van der Waals surface area contributed by atoms with Crippen molar-refractivity contribution >= 4 is 17.3 Å². The molecule has 1 saturated heterocycles. The Morgan fingerprint density at radius 3 is 2.25 bits per heavy atom. The lowest BCUT2D eigenvalue weighted by atomic mass is 10.0. The fraction of sp³-hybridized carbons (Fsp3) is 0.381. The van der Waals surface area contributed by atoms with E-state index in [9.17, 15) is 4.79 Å². The van der Waals surface area contributed by atoms with Crippen molar-refractivity contribution in [2.75, 3.05) is 22.9 Å². The summed E-state index contributed by atoms with van der Waals surface area (Å²) in [5, 5.41) is 0. The molecule has 3 nitrogen and oxygen atoms in total. The van der Waals surface area contributed by atoms with Gasteiger partial charge in [0.2, 0.25) is 0 Å². The highest BCUT2D eigenvalue weighted by Gasteiger charge is 2.29. The molecular formula is C21H24N2O. The zero-order valence-corrected chi connectivity index (χ0v) is 14.5. The lowest BCUT2D eigenvalue weighted by Crippen LogP contribution is -2.23. The Morgan fingerprint density at radius 2 is 1.58 bits per heavy atom. The van der Waals surface area contributed by atoms with Crippen LogP contribution < -0.4 is 9.80 Å². The van der Waals surface area contributed by atoms with Gasteiger partial charge in [-0.2, -0.15) is 0 Å². The third kappa shape index (κ3) is 2.58. The van der Waals surface area contributed by atoms with Crippen LogP contribution >= 0.6 is 0 Å². The Balaban J connectivity index is 1.60. The smallest absolute Gasteiger partial charge is 0.259 e. The first-order chi connectivity index (χ1) is 11.6. The van der Waals surface area contributed by atoms with Crippen LogP contribution in [0.3, 0.4) is 0 Å². The van der Waals surface area contributed by atoms with Gasteiger partial charge in [0.15, 0.2) is 0 Å². The predicted octanol–water partition coefficient (Wildman–Crippen LogP) is 4.57. The molecule has 0 atom stereocenters. The maximum absolute atomic E-state index is 12.9. The van der Waals surface area contributed by atoms with E-state index in [0.29, 0.717) is 12.5 Å². The van der Waals surface area contributed by atoms with Crippen LogP contribution in [0, 0.1) is 0 Å². The minimum Gasteiger partial charge on any atom is -0.372 e. The molecule has 2 aromatic rings. The molecule has 2 aromatic carbocycles. The van der Waals surface area contributed by atoms with Crippen LogP contribution in [-0.2, 0) is 6.54 Å². The van der Waals surface area contributed by atoms with Crippen molar-refractivity contribution in [2.45, 2.75) is 39.2 Å². The molecule has 1 amide bonds. The highest BCUT2D eigenvalue weighted by atomic mass is 16.2. The maximum Gasteiger partial charge on any atom is 0.259 e. The summed E-state index contributed by atoms with van der Waals surface area (Å²) in [6.45, 7) is 7.26. The molecule has 0 radical (unpaired) electrons. The molecule has 0 spiro atoms.